The van der Waals surface area contributed by atoms with Gasteiger partial charge in [-0.2, -0.15) is 0 Å². The highest BCUT2D eigenvalue weighted by Gasteiger charge is 2.14. The Bertz CT molecular complexity index is 151. The van der Waals surface area contributed by atoms with Crippen LogP contribution in [0.25, 0.3) is 0 Å². The van der Waals surface area contributed by atoms with Crippen LogP contribution >= 0.6 is 12.4 Å². The molecule has 1 saturated heterocycles. The van der Waals surface area contributed by atoms with Gasteiger partial charge in [0.15, 0.2) is 0 Å². The van der Waals surface area contributed by atoms with Gasteiger partial charge in [0, 0.05) is 6.54 Å². The molecule has 1 N–H and O–H groups in total. The predicted molar refractivity (Wildman–Crippen MR) is 54.8 cm³/mol. The SMILES string of the molecule is C(=C1CCNC1)C1CCCC1.Cl. The van der Waals surface area contributed by atoms with Crippen LogP contribution in [-0.4, -0.2) is 13.1 Å². The Morgan fingerprint density at radius 3 is 2.58 bits per heavy atom. The number of nitrogens with one attached hydrogen (secondary N) is 1. The summed E-state index contributed by atoms with van der Waals surface area (Å²) in [5.74, 6) is 0.935. The van der Waals surface area contributed by atoms with Crippen molar-refractivity contribution in [3.05, 3.63) is 11.6 Å². The molecule has 2 heteroatoms. The van der Waals surface area contributed by atoms with E-state index >= 15 is 0 Å². The first kappa shape index (κ1) is 10.1. The summed E-state index contributed by atoms with van der Waals surface area (Å²) in [4.78, 5) is 0. The van der Waals surface area contributed by atoms with Crippen LogP contribution in [-0.2, 0) is 0 Å². The maximum atomic E-state index is 3.38. The van der Waals surface area contributed by atoms with Gasteiger partial charge in [-0.1, -0.05) is 24.5 Å². The molecule has 12 heavy (non-hydrogen) atoms. The molecule has 2 rings (SSSR count). The third-order valence-corrected chi connectivity index (χ3v) is 2.85. The highest BCUT2D eigenvalue weighted by Crippen LogP contribution is 2.27. The monoisotopic (exact) mass is 187 g/mol. The summed E-state index contributed by atoms with van der Waals surface area (Å²) in [5.41, 5.74) is 1.66. The van der Waals surface area contributed by atoms with E-state index in [1.807, 2.05) is 0 Å². The van der Waals surface area contributed by atoms with E-state index in [4.69, 9.17) is 0 Å². The number of halogens is 1. The second-order valence-corrected chi connectivity index (χ2v) is 3.80. The topological polar surface area (TPSA) is 12.0 Å². The molecule has 0 aromatic heterocycles. The van der Waals surface area contributed by atoms with Crippen molar-refractivity contribution >= 4 is 12.4 Å². The molecule has 0 aromatic carbocycles. The van der Waals surface area contributed by atoms with E-state index in [-0.39, 0.29) is 12.4 Å². The Morgan fingerprint density at radius 2 is 2.00 bits per heavy atom. The Kier molecular flexibility index (Phi) is 4.10. The van der Waals surface area contributed by atoms with Gasteiger partial charge in [-0.25, -0.2) is 0 Å². The van der Waals surface area contributed by atoms with E-state index in [0.717, 1.165) is 12.5 Å². The van der Waals surface area contributed by atoms with Gasteiger partial charge in [0.25, 0.3) is 0 Å². The zero-order chi connectivity index (χ0) is 7.52. The van der Waals surface area contributed by atoms with Crippen LogP contribution in [0, 0.1) is 5.92 Å². The molecule has 1 aliphatic heterocycles. The summed E-state index contributed by atoms with van der Waals surface area (Å²) in [6.07, 6.45) is 9.65. The first-order valence-electron chi connectivity index (χ1n) is 4.85. The standard InChI is InChI=1S/C10H17N.ClH/c1-2-4-9(3-1)7-10-5-6-11-8-10;/h7,9,11H,1-6,8H2;1H. The predicted octanol–water partition coefficient (Wildman–Crippen LogP) is 2.52. The van der Waals surface area contributed by atoms with Gasteiger partial charge in [-0.15, -0.1) is 12.4 Å². The van der Waals surface area contributed by atoms with Crippen LogP contribution < -0.4 is 5.32 Å². The van der Waals surface area contributed by atoms with Crippen LogP contribution in [0.2, 0.25) is 0 Å². The third-order valence-electron chi connectivity index (χ3n) is 2.85. The quantitative estimate of drug-likeness (QED) is 0.623. The molecule has 0 atom stereocenters. The maximum absolute atomic E-state index is 3.38. The summed E-state index contributed by atoms with van der Waals surface area (Å²) >= 11 is 0. The van der Waals surface area contributed by atoms with Crippen molar-refractivity contribution in [2.45, 2.75) is 32.1 Å². The Labute approximate surface area is 81.0 Å². The summed E-state index contributed by atoms with van der Waals surface area (Å²) < 4.78 is 0. The molecule has 2 fully saturated rings. The van der Waals surface area contributed by atoms with Crippen molar-refractivity contribution < 1.29 is 0 Å². The van der Waals surface area contributed by atoms with Gasteiger partial charge < -0.3 is 5.32 Å². The first-order valence-corrected chi connectivity index (χ1v) is 4.85. The lowest BCUT2D eigenvalue weighted by molar-refractivity contribution is 0.678. The van der Waals surface area contributed by atoms with E-state index in [1.165, 1.54) is 38.6 Å². The Hall–Kier alpha value is -0.0100. The highest BCUT2D eigenvalue weighted by atomic mass is 35.5. The average molecular weight is 188 g/mol. The van der Waals surface area contributed by atoms with Gasteiger partial charge in [-0.05, 0) is 31.7 Å². The Morgan fingerprint density at radius 1 is 1.25 bits per heavy atom. The minimum Gasteiger partial charge on any atom is -0.313 e. The van der Waals surface area contributed by atoms with Crippen molar-refractivity contribution in [1.29, 1.82) is 0 Å². The first-order chi connectivity index (χ1) is 5.45. The van der Waals surface area contributed by atoms with Crippen molar-refractivity contribution in [1.82, 2.24) is 5.32 Å². The van der Waals surface area contributed by atoms with Crippen molar-refractivity contribution in [3.8, 4) is 0 Å². The molecule has 1 nitrogen and oxygen atoms in total. The summed E-state index contributed by atoms with van der Waals surface area (Å²) in [5, 5.41) is 3.38. The molecule has 70 valence electrons. The van der Waals surface area contributed by atoms with Crippen molar-refractivity contribution in [2.24, 2.45) is 5.92 Å². The van der Waals surface area contributed by atoms with Gasteiger partial charge >= 0.3 is 0 Å². The number of allylic oxidation sites excluding steroid dienone is 1. The highest BCUT2D eigenvalue weighted by molar-refractivity contribution is 5.85. The minimum absolute atomic E-state index is 0. The molecule has 1 saturated carbocycles. The largest absolute Gasteiger partial charge is 0.313 e. The molecule has 0 unspecified atom stereocenters. The van der Waals surface area contributed by atoms with Crippen LogP contribution in [0.15, 0.2) is 11.6 Å². The molecular formula is C10H18ClN. The Balaban J connectivity index is 0.000000720. The van der Waals surface area contributed by atoms with Gasteiger partial charge in [0.2, 0.25) is 0 Å². The normalized spacial score (nSPS) is 27.8. The smallest absolute Gasteiger partial charge is 0.0165 e. The molecule has 0 radical (unpaired) electrons. The summed E-state index contributed by atoms with van der Waals surface area (Å²) in [6.45, 7) is 2.37. The van der Waals surface area contributed by atoms with E-state index in [0.29, 0.717) is 0 Å². The number of rotatable bonds is 1. The third kappa shape index (κ3) is 2.49. The van der Waals surface area contributed by atoms with Gasteiger partial charge in [0.1, 0.15) is 0 Å². The number of hydrogen-bond acceptors (Lipinski definition) is 1. The lowest BCUT2D eigenvalue weighted by atomic mass is 10.0. The van der Waals surface area contributed by atoms with Crippen LogP contribution in [0.1, 0.15) is 32.1 Å². The fourth-order valence-corrected chi connectivity index (χ4v) is 2.19. The zero-order valence-electron chi connectivity index (χ0n) is 7.51. The molecule has 0 aromatic rings. The second kappa shape index (κ2) is 4.88. The molecule has 0 bridgehead atoms. The molecule has 0 amide bonds. The summed E-state index contributed by atoms with van der Waals surface area (Å²) in [7, 11) is 0. The number of hydrogen-bond donors (Lipinski definition) is 1. The molecule has 1 heterocycles. The van der Waals surface area contributed by atoms with Gasteiger partial charge in [0.05, 0.1) is 0 Å². The summed E-state index contributed by atoms with van der Waals surface area (Å²) in [6, 6.07) is 0. The fraction of sp³-hybridized carbons (Fsp3) is 0.800. The van der Waals surface area contributed by atoms with Crippen molar-refractivity contribution in [2.75, 3.05) is 13.1 Å². The van der Waals surface area contributed by atoms with Crippen LogP contribution in [0.5, 0.6) is 0 Å². The maximum Gasteiger partial charge on any atom is 0.0165 e. The van der Waals surface area contributed by atoms with Crippen LogP contribution in [0.4, 0.5) is 0 Å². The second-order valence-electron chi connectivity index (χ2n) is 3.80. The molecular weight excluding hydrogens is 170 g/mol. The lowest BCUT2D eigenvalue weighted by Crippen LogP contribution is -2.05. The molecule has 1 aliphatic carbocycles. The molecule has 0 spiro atoms. The van der Waals surface area contributed by atoms with Gasteiger partial charge in [-0.3, -0.25) is 0 Å². The van der Waals surface area contributed by atoms with Crippen molar-refractivity contribution in [3.63, 3.8) is 0 Å². The van der Waals surface area contributed by atoms with E-state index in [1.54, 1.807) is 5.57 Å². The van der Waals surface area contributed by atoms with E-state index in [9.17, 15) is 0 Å². The van der Waals surface area contributed by atoms with E-state index < -0.39 is 0 Å². The zero-order valence-corrected chi connectivity index (χ0v) is 8.33. The fourth-order valence-electron chi connectivity index (χ4n) is 2.19. The average Bonchev–Trinajstić information content (AvgIpc) is 2.60. The van der Waals surface area contributed by atoms with Crippen LogP contribution in [0.3, 0.4) is 0 Å². The lowest BCUT2D eigenvalue weighted by Gasteiger charge is -2.02. The minimum atomic E-state index is 0. The molecule has 2 aliphatic rings. The van der Waals surface area contributed by atoms with E-state index in [2.05, 4.69) is 11.4 Å².